The van der Waals surface area contributed by atoms with Gasteiger partial charge in [-0.1, -0.05) is 24.6 Å². The van der Waals surface area contributed by atoms with Gasteiger partial charge >= 0.3 is 6.01 Å². The number of nitrogens with zero attached hydrogens (tertiary/aromatic N) is 3. The number of benzene rings is 1. The van der Waals surface area contributed by atoms with Gasteiger partial charge in [0.25, 0.3) is 0 Å². The van der Waals surface area contributed by atoms with Crippen molar-refractivity contribution in [2.75, 3.05) is 27.3 Å². The lowest BCUT2D eigenvalue weighted by Crippen LogP contribution is -2.58. The Morgan fingerprint density at radius 2 is 1.90 bits per heavy atom. The van der Waals surface area contributed by atoms with Gasteiger partial charge in [0.05, 0.1) is 26.3 Å². The van der Waals surface area contributed by atoms with Gasteiger partial charge in [0, 0.05) is 36.5 Å². The van der Waals surface area contributed by atoms with E-state index in [1.165, 1.54) is 18.1 Å². The van der Waals surface area contributed by atoms with Crippen LogP contribution in [0.2, 0.25) is 0 Å². The molecule has 2 aromatic heterocycles. The van der Waals surface area contributed by atoms with Crippen LogP contribution in [0.15, 0.2) is 34.9 Å². The van der Waals surface area contributed by atoms with Crippen LogP contribution in [0.3, 0.4) is 0 Å². The van der Waals surface area contributed by atoms with E-state index in [0.717, 1.165) is 50.2 Å². The molecule has 1 N–H and O–H groups in total. The zero-order chi connectivity index (χ0) is 21.6. The first-order chi connectivity index (χ1) is 15.0. The number of ether oxygens (including phenoxy) is 2. The van der Waals surface area contributed by atoms with E-state index in [-0.39, 0.29) is 17.8 Å². The number of fused-ring (bicyclic) bond motifs is 3. The van der Waals surface area contributed by atoms with Gasteiger partial charge in [-0.15, -0.1) is 0 Å². The minimum atomic E-state index is -1.00. The first kappa shape index (κ1) is 20.3. The molecule has 3 aromatic rings. The van der Waals surface area contributed by atoms with Crippen molar-refractivity contribution in [3.63, 3.8) is 0 Å². The van der Waals surface area contributed by atoms with Gasteiger partial charge in [-0.25, -0.2) is 4.98 Å². The highest BCUT2D eigenvalue weighted by molar-refractivity contribution is 5.81. The van der Waals surface area contributed by atoms with Crippen molar-refractivity contribution in [3.05, 3.63) is 47.3 Å². The number of aromatic nitrogens is 2. The molecule has 2 aliphatic rings. The molecule has 2 fully saturated rings. The van der Waals surface area contributed by atoms with Crippen LogP contribution in [0.25, 0.3) is 11.0 Å². The van der Waals surface area contributed by atoms with E-state index in [4.69, 9.17) is 13.9 Å². The quantitative estimate of drug-likeness (QED) is 0.671. The van der Waals surface area contributed by atoms with E-state index in [9.17, 15) is 5.11 Å². The molecule has 1 aliphatic carbocycles. The highest BCUT2D eigenvalue weighted by atomic mass is 16.5. The lowest BCUT2D eigenvalue weighted by molar-refractivity contribution is -0.150. The van der Waals surface area contributed by atoms with E-state index in [0.29, 0.717) is 11.4 Å². The average Bonchev–Trinajstić information content (AvgIpc) is 3.09. The summed E-state index contributed by atoms with van der Waals surface area (Å²) in [5.41, 5.74) is 1.80. The number of aliphatic hydroxyl groups is 1. The zero-order valence-corrected chi connectivity index (χ0v) is 18.3. The second-order valence-corrected chi connectivity index (χ2v) is 8.77. The predicted molar refractivity (Wildman–Crippen MR) is 116 cm³/mol. The molecule has 7 nitrogen and oxygen atoms in total. The molecule has 0 radical (unpaired) electrons. The maximum atomic E-state index is 12.0. The van der Waals surface area contributed by atoms with Crippen molar-refractivity contribution in [2.45, 2.75) is 38.3 Å². The molecule has 1 aromatic carbocycles. The van der Waals surface area contributed by atoms with E-state index in [1.807, 2.05) is 18.2 Å². The van der Waals surface area contributed by atoms with Gasteiger partial charge in [0.1, 0.15) is 16.9 Å². The molecule has 2 unspecified atom stereocenters. The minimum absolute atomic E-state index is 0.0792. The first-order valence-corrected chi connectivity index (χ1v) is 10.9. The fourth-order valence-electron chi connectivity index (χ4n) is 5.57. The zero-order valence-electron chi connectivity index (χ0n) is 18.3. The number of likely N-dealkylation sites (tertiary alicyclic amines) is 1. The van der Waals surface area contributed by atoms with E-state index in [2.05, 4.69) is 27.9 Å². The number of rotatable bonds is 5. The number of para-hydroxylation sites is 1. The van der Waals surface area contributed by atoms with Crippen LogP contribution in [0, 0.1) is 18.8 Å². The number of hydrogen-bond acceptors (Lipinski definition) is 7. The molecule has 1 aliphatic heterocycles. The molecule has 0 amide bonds. The predicted octanol–water partition coefficient (Wildman–Crippen LogP) is 3.67. The van der Waals surface area contributed by atoms with Crippen molar-refractivity contribution in [2.24, 2.45) is 11.8 Å². The Labute approximate surface area is 182 Å². The van der Waals surface area contributed by atoms with Crippen molar-refractivity contribution in [1.82, 2.24) is 14.9 Å². The summed E-state index contributed by atoms with van der Waals surface area (Å²) in [6.07, 6.45) is 4.71. The molecule has 1 saturated carbocycles. The van der Waals surface area contributed by atoms with Crippen molar-refractivity contribution in [1.29, 1.82) is 0 Å². The highest BCUT2D eigenvalue weighted by Crippen LogP contribution is 2.51. The molecular weight excluding hydrogens is 394 g/mol. The molecule has 0 spiro atoms. The molecule has 164 valence electrons. The summed E-state index contributed by atoms with van der Waals surface area (Å²) in [5.74, 6) is 1.56. The maximum Gasteiger partial charge on any atom is 0.319 e. The summed E-state index contributed by atoms with van der Waals surface area (Å²) in [6, 6.07) is 8.42. The molecule has 31 heavy (non-hydrogen) atoms. The Bertz CT molecular complexity index is 1080. The number of furan rings is 1. The third-order valence-corrected chi connectivity index (χ3v) is 7.16. The molecule has 2 bridgehead atoms. The summed E-state index contributed by atoms with van der Waals surface area (Å²) in [5, 5.41) is 13.2. The summed E-state index contributed by atoms with van der Waals surface area (Å²) >= 11 is 0. The lowest BCUT2D eigenvalue weighted by atomic mass is 9.63. The summed E-state index contributed by atoms with van der Waals surface area (Å²) in [6.45, 7) is 4.46. The van der Waals surface area contributed by atoms with Crippen LogP contribution in [-0.4, -0.2) is 47.3 Å². The van der Waals surface area contributed by atoms with E-state index < -0.39 is 5.60 Å². The molecule has 1 saturated heterocycles. The first-order valence-electron chi connectivity index (χ1n) is 10.9. The third-order valence-electron chi connectivity index (χ3n) is 7.16. The largest absolute Gasteiger partial charge is 0.481 e. The Hall–Kier alpha value is -2.64. The van der Waals surface area contributed by atoms with Gasteiger partial charge in [-0.05, 0) is 31.4 Å². The van der Waals surface area contributed by atoms with Gasteiger partial charge in [0.15, 0.2) is 0 Å². The molecular formula is C24H29N3O4. The molecule has 5 rings (SSSR count). The molecule has 7 heteroatoms. The standard InChI is InChI=1S/C24H29N3O4/c1-15-18-9-4-5-10-20(18)31-21(15)14-27-12-16-7-6-8-17(13-27)24(16,28)19-11-25-23(30-3)26-22(19)29-2/h4-5,9-11,16-17,28H,6-8,12-14H2,1-3H3. The third kappa shape index (κ3) is 3.27. The van der Waals surface area contributed by atoms with Crippen LogP contribution >= 0.6 is 0 Å². The van der Waals surface area contributed by atoms with Crippen LogP contribution < -0.4 is 9.47 Å². The van der Waals surface area contributed by atoms with Crippen molar-refractivity contribution in [3.8, 4) is 11.9 Å². The summed E-state index contributed by atoms with van der Waals surface area (Å²) in [4.78, 5) is 11.0. The minimum Gasteiger partial charge on any atom is -0.481 e. The lowest BCUT2D eigenvalue weighted by Gasteiger charge is -2.53. The fourth-order valence-corrected chi connectivity index (χ4v) is 5.57. The number of piperidine rings is 1. The van der Waals surface area contributed by atoms with Gasteiger partial charge in [-0.2, -0.15) is 4.98 Å². The van der Waals surface area contributed by atoms with E-state index >= 15 is 0 Å². The van der Waals surface area contributed by atoms with Gasteiger partial charge in [-0.3, -0.25) is 4.90 Å². The average molecular weight is 424 g/mol. The smallest absolute Gasteiger partial charge is 0.319 e. The monoisotopic (exact) mass is 423 g/mol. The van der Waals surface area contributed by atoms with Crippen molar-refractivity contribution >= 4 is 11.0 Å². The SMILES string of the molecule is COc1ncc(C2(O)C3CCCC2CN(Cc2oc4ccccc4c2C)C3)c(OC)n1. The van der Waals surface area contributed by atoms with Crippen LogP contribution in [0.4, 0.5) is 0 Å². The highest BCUT2D eigenvalue weighted by Gasteiger charge is 2.53. The number of hydrogen-bond donors (Lipinski definition) is 1. The second kappa shape index (κ2) is 7.80. The maximum absolute atomic E-state index is 12.0. The summed E-state index contributed by atoms with van der Waals surface area (Å²) < 4.78 is 16.8. The Kier molecular flexibility index (Phi) is 5.10. The molecule has 2 atom stereocenters. The van der Waals surface area contributed by atoms with Gasteiger partial charge in [0.2, 0.25) is 5.88 Å². The normalized spacial score (nSPS) is 26.2. The topological polar surface area (TPSA) is 80.9 Å². The fraction of sp³-hybridized carbons (Fsp3) is 0.500. The van der Waals surface area contributed by atoms with Gasteiger partial charge < -0.3 is 19.0 Å². The number of methoxy groups -OCH3 is 2. The van der Waals surface area contributed by atoms with E-state index in [1.54, 1.807) is 13.3 Å². The van der Waals surface area contributed by atoms with Crippen LogP contribution in [-0.2, 0) is 12.1 Å². The van der Waals surface area contributed by atoms with Crippen LogP contribution in [0.5, 0.6) is 11.9 Å². The van der Waals surface area contributed by atoms with Crippen LogP contribution in [0.1, 0.15) is 36.1 Å². The molecule has 3 heterocycles. The Morgan fingerprint density at radius 1 is 1.16 bits per heavy atom. The summed E-state index contributed by atoms with van der Waals surface area (Å²) in [7, 11) is 3.10. The number of aryl methyl sites for hydroxylation is 1. The Morgan fingerprint density at radius 3 is 2.58 bits per heavy atom. The van der Waals surface area contributed by atoms with Crippen molar-refractivity contribution < 1.29 is 19.0 Å². The second-order valence-electron chi connectivity index (χ2n) is 8.77. The Balaban J connectivity index is 1.44.